The van der Waals surface area contributed by atoms with Gasteiger partial charge in [0.2, 0.25) is 0 Å². The molecule has 0 atom stereocenters. The predicted molar refractivity (Wildman–Crippen MR) is 33.4 cm³/mol. The summed E-state index contributed by atoms with van der Waals surface area (Å²) in [5.41, 5.74) is 0. The Labute approximate surface area is 89.2 Å². The molecule has 0 aliphatic carbocycles. The molecule has 0 aliphatic heterocycles. The summed E-state index contributed by atoms with van der Waals surface area (Å²) < 4.78 is 28.6. The van der Waals surface area contributed by atoms with E-state index in [1.54, 1.807) is 0 Å². The predicted octanol–water partition coefficient (Wildman–Crippen LogP) is -3.05. The summed E-state index contributed by atoms with van der Waals surface area (Å²) in [7, 11) is -4.08. The molecular formula is C4H9NaO5S. The van der Waals surface area contributed by atoms with E-state index in [0.29, 0.717) is 0 Å². The maximum atomic E-state index is 10.4. The Morgan fingerprint density at radius 1 is 1.55 bits per heavy atom. The minimum atomic E-state index is -4.08. The van der Waals surface area contributed by atoms with Crippen LogP contribution in [-0.4, -0.2) is 21.0 Å². The van der Waals surface area contributed by atoms with E-state index >= 15 is 0 Å². The van der Waals surface area contributed by atoms with Gasteiger partial charge in [0.25, 0.3) is 0 Å². The Morgan fingerprint density at radius 2 is 2.00 bits per heavy atom. The molecule has 0 aromatic rings. The molecule has 7 heteroatoms. The molecule has 0 saturated heterocycles. The normalized spacial score (nSPS) is 10.0. The summed E-state index contributed by atoms with van der Waals surface area (Å²) in [6, 6.07) is 0. The SMILES string of the molecule is CCOS(=O)(=O)OC(C)=O.[H-].[Na+]. The summed E-state index contributed by atoms with van der Waals surface area (Å²) in [6.45, 7) is 2.41. The summed E-state index contributed by atoms with van der Waals surface area (Å²) in [5, 5.41) is 0. The molecule has 0 unspecified atom stereocenters. The van der Waals surface area contributed by atoms with E-state index in [9.17, 15) is 13.2 Å². The molecule has 0 radical (unpaired) electrons. The molecule has 0 aromatic heterocycles. The van der Waals surface area contributed by atoms with Crippen LogP contribution in [0, 0.1) is 0 Å². The number of hydrogen-bond donors (Lipinski definition) is 0. The number of carbonyl (C=O) groups excluding carboxylic acids is 1. The largest absolute Gasteiger partial charge is 1.00 e. The van der Waals surface area contributed by atoms with Crippen LogP contribution in [0.2, 0.25) is 0 Å². The first-order chi connectivity index (χ1) is 4.48. The summed E-state index contributed by atoms with van der Waals surface area (Å²) in [5.74, 6) is -0.909. The van der Waals surface area contributed by atoms with E-state index in [-0.39, 0.29) is 37.6 Å². The van der Waals surface area contributed by atoms with Crippen molar-refractivity contribution < 1.29 is 52.6 Å². The maximum Gasteiger partial charge on any atom is 1.00 e. The first-order valence-electron chi connectivity index (χ1n) is 2.57. The van der Waals surface area contributed by atoms with Gasteiger partial charge < -0.3 is 5.61 Å². The molecule has 5 nitrogen and oxygen atoms in total. The molecule has 0 fully saturated rings. The number of carbonyl (C=O) groups is 1. The molecule has 0 heterocycles. The quantitative estimate of drug-likeness (QED) is 0.444. The Kier molecular flexibility index (Phi) is 7.55. The van der Waals surface area contributed by atoms with Crippen LogP contribution in [-0.2, 0) is 23.6 Å². The first-order valence-corrected chi connectivity index (χ1v) is 3.90. The number of hydrogen-bond acceptors (Lipinski definition) is 5. The van der Waals surface area contributed by atoms with Gasteiger partial charge in [-0.1, -0.05) is 0 Å². The second-order valence-corrected chi connectivity index (χ2v) is 2.61. The fourth-order valence-corrected chi connectivity index (χ4v) is 0.936. The second kappa shape index (κ2) is 5.96. The first kappa shape index (κ1) is 13.9. The zero-order valence-electron chi connectivity index (χ0n) is 7.66. The van der Waals surface area contributed by atoms with Gasteiger partial charge in [-0.2, -0.15) is 8.42 Å². The average molecular weight is 192 g/mol. The van der Waals surface area contributed by atoms with Gasteiger partial charge in [0.1, 0.15) is 0 Å². The van der Waals surface area contributed by atoms with Crippen LogP contribution < -0.4 is 29.6 Å². The van der Waals surface area contributed by atoms with Crippen molar-refractivity contribution in [2.45, 2.75) is 13.8 Å². The van der Waals surface area contributed by atoms with Crippen molar-refractivity contribution in [3.8, 4) is 0 Å². The smallest absolute Gasteiger partial charge is 1.00 e. The van der Waals surface area contributed by atoms with Gasteiger partial charge in [0.05, 0.1) is 6.61 Å². The summed E-state index contributed by atoms with van der Waals surface area (Å²) >= 11 is 0. The molecule has 0 aliphatic rings. The van der Waals surface area contributed by atoms with Crippen molar-refractivity contribution in [2.24, 2.45) is 0 Å². The molecule has 11 heavy (non-hydrogen) atoms. The van der Waals surface area contributed by atoms with Gasteiger partial charge >= 0.3 is 45.9 Å². The van der Waals surface area contributed by atoms with Crippen LogP contribution in [0.25, 0.3) is 0 Å². The standard InChI is InChI=1S/C4H8O5S.Na.H/c1-3-8-10(6,7)9-4(2)5;;/h3H2,1-2H3;;/q;+1;-1. The third-order valence-corrected chi connectivity index (χ3v) is 1.44. The molecule has 0 N–H and O–H groups in total. The third kappa shape index (κ3) is 8.28. The number of rotatable bonds is 3. The van der Waals surface area contributed by atoms with E-state index < -0.39 is 16.4 Å². The average Bonchev–Trinajstić information content (AvgIpc) is 1.59. The van der Waals surface area contributed by atoms with Crippen molar-refractivity contribution in [2.75, 3.05) is 6.61 Å². The maximum absolute atomic E-state index is 10.4. The van der Waals surface area contributed by atoms with Crippen LogP contribution in [0.4, 0.5) is 0 Å². The van der Waals surface area contributed by atoms with Gasteiger partial charge in [-0.15, -0.1) is 0 Å². The van der Waals surface area contributed by atoms with E-state index in [1.165, 1.54) is 6.92 Å². The van der Waals surface area contributed by atoms with Crippen LogP contribution >= 0.6 is 0 Å². The Bertz CT molecular complexity index is 213. The van der Waals surface area contributed by atoms with Crippen molar-refractivity contribution in [1.29, 1.82) is 0 Å². The molecule has 0 amide bonds. The molecule has 0 bridgehead atoms. The zero-order chi connectivity index (χ0) is 8.20. The molecule has 0 aromatic carbocycles. The fraction of sp³-hybridized carbons (Fsp3) is 0.750. The van der Waals surface area contributed by atoms with Gasteiger partial charge in [-0.05, 0) is 6.92 Å². The van der Waals surface area contributed by atoms with E-state index in [4.69, 9.17) is 0 Å². The van der Waals surface area contributed by atoms with Gasteiger partial charge in [-0.25, -0.2) is 4.18 Å². The van der Waals surface area contributed by atoms with Crippen LogP contribution in [0.1, 0.15) is 15.3 Å². The molecule has 0 saturated carbocycles. The zero-order valence-corrected chi connectivity index (χ0v) is 9.47. The fourth-order valence-electron chi connectivity index (χ4n) is 0.312. The monoisotopic (exact) mass is 192 g/mol. The van der Waals surface area contributed by atoms with Crippen LogP contribution in [0.5, 0.6) is 0 Å². The Hall–Kier alpha value is 0.380. The molecule has 0 spiro atoms. The molecule has 62 valence electrons. The van der Waals surface area contributed by atoms with Crippen LogP contribution in [0.15, 0.2) is 0 Å². The minimum Gasteiger partial charge on any atom is -1.00 e. The summed E-state index contributed by atoms with van der Waals surface area (Å²) in [6.07, 6.45) is 0. The summed E-state index contributed by atoms with van der Waals surface area (Å²) in [4.78, 5) is 10.1. The van der Waals surface area contributed by atoms with Crippen molar-refractivity contribution in [3.63, 3.8) is 0 Å². The van der Waals surface area contributed by atoms with Gasteiger partial charge in [-0.3, -0.25) is 4.79 Å². The van der Waals surface area contributed by atoms with E-state index in [1.807, 2.05) is 0 Å². The van der Waals surface area contributed by atoms with Gasteiger partial charge in [0, 0.05) is 6.92 Å². The second-order valence-electron chi connectivity index (χ2n) is 1.39. The van der Waals surface area contributed by atoms with Crippen LogP contribution in [0.3, 0.4) is 0 Å². The molecular weight excluding hydrogens is 183 g/mol. The van der Waals surface area contributed by atoms with Gasteiger partial charge in [0.15, 0.2) is 0 Å². The topological polar surface area (TPSA) is 69.7 Å². The minimum absolute atomic E-state index is 0. The van der Waals surface area contributed by atoms with E-state index in [2.05, 4.69) is 8.37 Å². The Morgan fingerprint density at radius 3 is 2.27 bits per heavy atom. The van der Waals surface area contributed by atoms with Crippen molar-refractivity contribution in [1.82, 2.24) is 0 Å². The van der Waals surface area contributed by atoms with E-state index in [0.717, 1.165) is 6.92 Å². The third-order valence-electron chi connectivity index (χ3n) is 0.482. The van der Waals surface area contributed by atoms with Crippen molar-refractivity contribution >= 4 is 16.4 Å². The molecule has 0 rings (SSSR count). The Balaban J connectivity index is -0.000000405. The van der Waals surface area contributed by atoms with Crippen molar-refractivity contribution in [3.05, 3.63) is 0 Å².